The summed E-state index contributed by atoms with van der Waals surface area (Å²) in [6.07, 6.45) is 0. The normalized spacial score (nSPS) is 12.6. The minimum Gasteiger partial charge on any atom is -0.456 e. The van der Waals surface area contributed by atoms with E-state index < -0.39 is 0 Å². The lowest BCUT2D eigenvalue weighted by molar-refractivity contribution is 0.595. The van der Waals surface area contributed by atoms with Crippen LogP contribution >= 0.6 is 11.3 Å². The van der Waals surface area contributed by atoms with Gasteiger partial charge in [-0.25, -0.2) is 0 Å². The van der Waals surface area contributed by atoms with Crippen molar-refractivity contribution < 1.29 is 4.42 Å². The number of benzene rings is 12. The first kappa shape index (κ1) is 42.7. The van der Waals surface area contributed by atoms with Crippen molar-refractivity contribution in [2.24, 2.45) is 0 Å². The highest BCUT2D eigenvalue weighted by Gasteiger charge is 2.31. The lowest BCUT2D eigenvalue weighted by Crippen LogP contribution is -2.18. The molecule has 0 unspecified atom stereocenters. The van der Waals surface area contributed by atoms with Gasteiger partial charge in [-0.3, -0.25) is 0 Å². The van der Waals surface area contributed by atoms with Crippen LogP contribution in [0.25, 0.3) is 96.3 Å². The molecule has 12 aromatic carbocycles. The van der Waals surface area contributed by atoms with Crippen LogP contribution in [0.3, 0.4) is 0 Å². The number of nitrogens with zero attached hydrogens (tertiary/aromatic N) is 2. The van der Waals surface area contributed by atoms with Crippen molar-refractivity contribution >= 4 is 131 Å². The number of para-hydroxylation sites is 2. The summed E-state index contributed by atoms with van der Waals surface area (Å²) < 4.78 is 9.37. The topological polar surface area (TPSA) is 19.6 Å². The summed E-state index contributed by atoms with van der Waals surface area (Å²) in [6, 6.07) is 76.6. The second-order valence-electron chi connectivity index (χ2n) is 21.7. The summed E-state index contributed by atoms with van der Waals surface area (Å²) in [5.41, 5.74) is 13.2. The van der Waals surface area contributed by atoms with E-state index in [1.165, 1.54) is 96.3 Å². The van der Waals surface area contributed by atoms with E-state index in [9.17, 15) is 0 Å². The van der Waals surface area contributed by atoms with E-state index in [1.54, 1.807) is 0 Å². The van der Waals surface area contributed by atoms with Crippen LogP contribution in [-0.4, -0.2) is 0 Å². The molecule has 346 valence electrons. The van der Waals surface area contributed by atoms with Crippen molar-refractivity contribution in [3.63, 3.8) is 0 Å². The fourth-order valence-corrected chi connectivity index (χ4v) is 13.2. The van der Waals surface area contributed by atoms with E-state index in [4.69, 9.17) is 4.42 Å². The third kappa shape index (κ3) is 6.41. The first-order chi connectivity index (χ1) is 35.0. The van der Waals surface area contributed by atoms with Gasteiger partial charge in [-0.1, -0.05) is 187 Å². The van der Waals surface area contributed by atoms with Crippen LogP contribution in [0, 0.1) is 0 Å². The zero-order chi connectivity index (χ0) is 48.6. The fraction of sp³-hybridized carbons (Fsp3) is 0.118. The molecule has 0 aliphatic heterocycles. The molecule has 3 nitrogen and oxygen atoms in total. The van der Waals surface area contributed by atoms with Gasteiger partial charge in [-0.15, -0.1) is 11.3 Å². The minimum absolute atomic E-state index is 0.187. The van der Waals surface area contributed by atoms with Crippen molar-refractivity contribution in [3.05, 3.63) is 217 Å². The second-order valence-corrected chi connectivity index (χ2v) is 22.7. The number of fused-ring (bicyclic) bond motifs is 3. The van der Waals surface area contributed by atoms with Crippen LogP contribution in [-0.2, 0) is 10.8 Å². The van der Waals surface area contributed by atoms with Gasteiger partial charge in [0.2, 0.25) is 0 Å². The van der Waals surface area contributed by atoms with Gasteiger partial charge in [0.1, 0.15) is 11.2 Å². The van der Waals surface area contributed by atoms with Gasteiger partial charge in [-0.2, -0.15) is 0 Å². The molecular formula is C68H52N2OS. The van der Waals surface area contributed by atoms with Gasteiger partial charge in [0.15, 0.2) is 0 Å². The van der Waals surface area contributed by atoms with Crippen molar-refractivity contribution in [1.82, 2.24) is 0 Å². The SMILES string of the molecule is CC(C)(C)c1cc(N(c2ccccc2)c2ccccc2-c2ccccc2)c2ccc3c(C(C)(C)C)cc(N(c4cc5ccc6cccc7oc(c4)c5c67)c4cccc5c4sc4ccccc45)c4ccc1c2c43. The monoisotopic (exact) mass is 944 g/mol. The number of furan rings is 1. The molecule has 0 N–H and O–H groups in total. The summed E-state index contributed by atoms with van der Waals surface area (Å²) in [7, 11) is 0. The van der Waals surface area contributed by atoms with Crippen LogP contribution in [0.15, 0.2) is 211 Å². The van der Waals surface area contributed by atoms with E-state index in [0.717, 1.165) is 45.3 Å². The number of thiophene rings is 1. The Balaban J connectivity index is 1.13. The minimum atomic E-state index is -0.208. The Bertz CT molecular complexity index is 4420. The van der Waals surface area contributed by atoms with Gasteiger partial charge >= 0.3 is 0 Å². The molecule has 0 radical (unpaired) electrons. The first-order valence-corrected chi connectivity index (χ1v) is 26.0. The Labute approximate surface area is 423 Å². The summed E-state index contributed by atoms with van der Waals surface area (Å²) in [4.78, 5) is 5.07. The van der Waals surface area contributed by atoms with Crippen LogP contribution in [0.4, 0.5) is 34.1 Å². The third-order valence-corrected chi connectivity index (χ3v) is 16.4. The molecular weight excluding hydrogens is 893 g/mol. The molecule has 0 saturated carbocycles. The Hall–Kier alpha value is -8.18. The standard InChI is InChI=1S/C68H52N2OS/c1-67(2,3)53-39-57(69(44-22-11-8-12-23-44)55-27-15-13-24-46(55)41-19-9-7-10-20-41)51-35-33-50-54(68(4,5)6)40-58(52-36-34-49(53)64(51)65(50)52)70(56-28-18-26-48-47-25-14-16-30-61(47)72-66(48)56)45-37-43-32-31-42-21-17-29-59-62(42)63(43)60(38-45)71-59/h7-40H,1-6H3. The van der Waals surface area contributed by atoms with Crippen molar-refractivity contribution in [3.8, 4) is 11.1 Å². The largest absolute Gasteiger partial charge is 0.456 e. The Morgan fingerprint density at radius 3 is 1.62 bits per heavy atom. The van der Waals surface area contributed by atoms with E-state index in [1.807, 2.05) is 11.3 Å². The number of anilines is 6. The molecule has 14 rings (SSSR count). The van der Waals surface area contributed by atoms with Gasteiger partial charge in [-0.05, 0) is 114 Å². The third-order valence-electron chi connectivity index (χ3n) is 15.2. The summed E-state index contributed by atoms with van der Waals surface area (Å²) in [5.74, 6) is 0. The lowest BCUT2D eigenvalue weighted by atomic mass is 9.77. The summed E-state index contributed by atoms with van der Waals surface area (Å²) >= 11 is 1.88. The highest BCUT2D eigenvalue weighted by atomic mass is 32.1. The van der Waals surface area contributed by atoms with Crippen LogP contribution in [0.5, 0.6) is 0 Å². The number of hydrogen-bond acceptors (Lipinski definition) is 4. The van der Waals surface area contributed by atoms with Crippen molar-refractivity contribution in [1.29, 1.82) is 0 Å². The van der Waals surface area contributed by atoms with Crippen LogP contribution in [0.1, 0.15) is 52.7 Å². The maximum absolute atomic E-state index is 6.83. The number of rotatable bonds is 7. The predicted molar refractivity (Wildman–Crippen MR) is 311 cm³/mol. The lowest BCUT2D eigenvalue weighted by Gasteiger charge is -2.34. The maximum Gasteiger partial charge on any atom is 0.138 e. The van der Waals surface area contributed by atoms with Gasteiger partial charge in [0, 0.05) is 54.3 Å². The molecule has 0 aliphatic rings. The average Bonchev–Trinajstić information content (AvgIpc) is 3.98. The molecule has 0 fully saturated rings. The molecule has 72 heavy (non-hydrogen) atoms. The molecule has 0 saturated heterocycles. The first-order valence-electron chi connectivity index (χ1n) is 25.2. The van der Waals surface area contributed by atoms with Gasteiger partial charge < -0.3 is 14.2 Å². The molecule has 2 heterocycles. The molecule has 14 aromatic rings. The zero-order valence-corrected chi connectivity index (χ0v) is 42.2. The van der Waals surface area contributed by atoms with Crippen LogP contribution in [0.2, 0.25) is 0 Å². The van der Waals surface area contributed by atoms with Crippen molar-refractivity contribution in [2.75, 3.05) is 9.80 Å². The molecule has 0 atom stereocenters. The van der Waals surface area contributed by atoms with Crippen LogP contribution < -0.4 is 9.80 Å². The Kier molecular flexibility index (Phi) is 9.28. The van der Waals surface area contributed by atoms with Gasteiger partial charge in [0.25, 0.3) is 0 Å². The Morgan fingerprint density at radius 1 is 0.361 bits per heavy atom. The van der Waals surface area contributed by atoms with E-state index in [0.29, 0.717) is 0 Å². The smallest absolute Gasteiger partial charge is 0.138 e. The van der Waals surface area contributed by atoms with Crippen molar-refractivity contribution in [2.45, 2.75) is 52.4 Å². The fourth-order valence-electron chi connectivity index (χ4n) is 12.0. The van der Waals surface area contributed by atoms with Gasteiger partial charge in [0.05, 0.1) is 33.1 Å². The molecule has 4 heteroatoms. The molecule has 0 spiro atoms. The zero-order valence-electron chi connectivity index (χ0n) is 41.3. The molecule has 0 aliphatic carbocycles. The molecule has 0 bridgehead atoms. The van der Waals surface area contributed by atoms with E-state index >= 15 is 0 Å². The van der Waals surface area contributed by atoms with E-state index in [-0.39, 0.29) is 10.8 Å². The highest BCUT2D eigenvalue weighted by molar-refractivity contribution is 7.26. The average molecular weight is 945 g/mol. The Morgan fingerprint density at radius 2 is 0.917 bits per heavy atom. The summed E-state index contributed by atoms with van der Waals surface area (Å²) in [6.45, 7) is 14.2. The molecule has 0 amide bonds. The number of hydrogen-bond donors (Lipinski definition) is 0. The molecule has 2 aromatic heterocycles. The quantitative estimate of drug-likeness (QED) is 0.148. The second kappa shape index (κ2) is 15.7. The summed E-state index contributed by atoms with van der Waals surface area (Å²) in [5, 5.41) is 14.8. The highest BCUT2D eigenvalue weighted by Crippen LogP contribution is 2.55. The predicted octanol–water partition coefficient (Wildman–Crippen LogP) is 20.6. The van der Waals surface area contributed by atoms with E-state index in [2.05, 4.69) is 258 Å². The maximum atomic E-state index is 6.83.